The largest absolute Gasteiger partial charge is 0.496 e. The first-order valence-corrected chi connectivity index (χ1v) is 7.78. The normalized spacial score (nSPS) is 10.3. The van der Waals surface area contributed by atoms with Crippen LogP contribution in [0.25, 0.3) is 0 Å². The van der Waals surface area contributed by atoms with E-state index in [-0.39, 0.29) is 29.6 Å². The predicted molar refractivity (Wildman–Crippen MR) is 91.6 cm³/mol. The summed E-state index contributed by atoms with van der Waals surface area (Å²) in [5.41, 5.74) is 0.682. The van der Waals surface area contributed by atoms with Gasteiger partial charge >= 0.3 is 0 Å². The second kappa shape index (κ2) is 8.13. The molecule has 126 valence electrons. The number of anilines is 1. The summed E-state index contributed by atoms with van der Waals surface area (Å²) in [4.78, 5) is 24.2. The van der Waals surface area contributed by atoms with E-state index in [1.165, 1.54) is 25.3 Å². The third-order valence-electron chi connectivity index (χ3n) is 3.24. The van der Waals surface area contributed by atoms with Crippen molar-refractivity contribution in [2.75, 3.05) is 12.4 Å². The van der Waals surface area contributed by atoms with Crippen molar-refractivity contribution in [2.45, 2.75) is 12.8 Å². The number of nitrogens with one attached hydrogen (secondary N) is 1. The molecule has 0 saturated carbocycles. The van der Waals surface area contributed by atoms with Gasteiger partial charge in [-0.3, -0.25) is 9.59 Å². The van der Waals surface area contributed by atoms with Crippen LogP contribution in [0.5, 0.6) is 5.75 Å². The Kier molecular flexibility index (Phi) is 6.17. The lowest BCUT2D eigenvalue weighted by atomic mass is 10.1. The summed E-state index contributed by atoms with van der Waals surface area (Å²) in [5, 5.41) is 2.87. The third kappa shape index (κ3) is 4.69. The van der Waals surface area contributed by atoms with Gasteiger partial charge in [0, 0.05) is 23.6 Å². The lowest BCUT2D eigenvalue weighted by Crippen LogP contribution is -2.14. The Hall–Kier alpha value is -2.11. The smallest absolute Gasteiger partial charge is 0.224 e. The van der Waals surface area contributed by atoms with Gasteiger partial charge in [0.05, 0.1) is 17.7 Å². The topological polar surface area (TPSA) is 55.4 Å². The molecule has 0 fully saturated rings. The molecule has 0 aromatic heterocycles. The number of benzene rings is 2. The first-order valence-electron chi connectivity index (χ1n) is 7.02. The minimum absolute atomic E-state index is 0.0164. The van der Waals surface area contributed by atoms with E-state index in [0.717, 1.165) is 6.07 Å². The van der Waals surface area contributed by atoms with Crippen LogP contribution in [0.3, 0.4) is 0 Å². The van der Waals surface area contributed by atoms with Gasteiger partial charge in [0.25, 0.3) is 0 Å². The number of rotatable bonds is 6. The van der Waals surface area contributed by atoms with Crippen LogP contribution in [0.2, 0.25) is 10.0 Å². The van der Waals surface area contributed by atoms with Crippen LogP contribution in [0, 0.1) is 5.82 Å². The molecule has 0 saturated heterocycles. The van der Waals surface area contributed by atoms with Gasteiger partial charge in [-0.05, 0) is 36.4 Å². The molecule has 0 spiro atoms. The molecule has 1 N–H and O–H groups in total. The standard InChI is InChI=1S/C17H14Cl2FNO3/c1-24-16-6-2-10(18)8-12(16)15(22)5-7-17(23)21-11-3-4-14(20)13(19)9-11/h2-4,6,8-9H,5,7H2,1H3,(H,21,23). The van der Waals surface area contributed by atoms with Crippen LogP contribution in [0.1, 0.15) is 23.2 Å². The lowest BCUT2D eigenvalue weighted by Gasteiger charge is -2.09. The highest BCUT2D eigenvalue weighted by Gasteiger charge is 2.15. The number of ether oxygens (including phenoxy) is 1. The van der Waals surface area contributed by atoms with E-state index in [1.807, 2.05) is 0 Å². The molecular formula is C17H14Cl2FNO3. The molecule has 4 nitrogen and oxygen atoms in total. The van der Waals surface area contributed by atoms with Crippen molar-refractivity contribution in [3.63, 3.8) is 0 Å². The number of carbonyl (C=O) groups excluding carboxylic acids is 2. The molecule has 2 aromatic carbocycles. The molecule has 0 unspecified atom stereocenters. The van der Waals surface area contributed by atoms with E-state index in [4.69, 9.17) is 27.9 Å². The van der Waals surface area contributed by atoms with Gasteiger partial charge < -0.3 is 10.1 Å². The number of Topliss-reactive ketones (excluding diaryl/α,β-unsaturated/α-hetero) is 1. The van der Waals surface area contributed by atoms with Crippen LogP contribution in [0.15, 0.2) is 36.4 Å². The Morgan fingerprint density at radius 2 is 1.88 bits per heavy atom. The number of amides is 1. The van der Waals surface area contributed by atoms with Gasteiger partial charge in [0.15, 0.2) is 5.78 Å². The second-order valence-corrected chi connectivity index (χ2v) is 5.79. The highest BCUT2D eigenvalue weighted by atomic mass is 35.5. The van der Waals surface area contributed by atoms with Gasteiger partial charge in [0.2, 0.25) is 5.91 Å². The molecule has 0 aliphatic rings. The molecule has 0 atom stereocenters. The Morgan fingerprint density at radius 1 is 1.12 bits per heavy atom. The molecule has 0 aliphatic heterocycles. The predicted octanol–water partition coefficient (Wildman–Crippen LogP) is 4.74. The minimum Gasteiger partial charge on any atom is -0.496 e. The molecule has 0 radical (unpaired) electrons. The van der Waals surface area contributed by atoms with Gasteiger partial charge in [0.1, 0.15) is 11.6 Å². The summed E-state index contributed by atoms with van der Waals surface area (Å²) in [7, 11) is 1.45. The Balaban J connectivity index is 1.97. The Morgan fingerprint density at radius 3 is 2.54 bits per heavy atom. The SMILES string of the molecule is COc1ccc(Cl)cc1C(=O)CCC(=O)Nc1ccc(F)c(Cl)c1. The quantitative estimate of drug-likeness (QED) is 0.747. The molecule has 1 amide bonds. The monoisotopic (exact) mass is 369 g/mol. The summed E-state index contributed by atoms with van der Waals surface area (Å²) in [6, 6.07) is 8.55. The molecule has 0 aliphatic carbocycles. The van der Waals surface area contributed by atoms with Crippen molar-refractivity contribution in [3.8, 4) is 5.75 Å². The second-order valence-electron chi connectivity index (χ2n) is 4.94. The van der Waals surface area contributed by atoms with Crippen LogP contribution in [-0.2, 0) is 4.79 Å². The highest BCUT2D eigenvalue weighted by Crippen LogP contribution is 2.24. The van der Waals surface area contributed by atoms with Gasteiger partial charge in [-0.15, -0.1) is 0 Å². The first kappa shape index (κ1) is 18.2. The summed E-state index contributed by atoms with van der Waals surface area (Å²) < 4.78 is 18.2. The van der Waals surface area contributed by atoms with Crippen molar-refractivity contribution in [1.29, 1.82) is 0 Å². The summed E-state index contributed by atoms with van der Waals surface area (Å²) in [6.07, 6.45) is -0.0546. The molecule has 0 heterocycles. The van der Waals surface area contributed by atoms with Crippen molar-refractivity contribution < 1.29 is 18.7 Å². The number of methoxy groups -OCH3 is 1. The first-order chi connectivity index (χ1) is 11.4. The molecule has 24 heavy (non-hydrogen) atoms. The Bertz CT molecular complexity index is 780. The highest BCUT2D eigenvalue weighted by molar-refractivity contribution is 6.31. The van der Waals surface area contributed by atoms with E-state index in [9.17, 15) is 14.0 Å². The van der Waals surface area contributed by atoms with Crippen molar-refractivity contribution in [1.82, 2.24) is 0 Å². The number of hydrogen-bond acceptors (Lipinski definition) is 3. The fourth-order valence-corrected chi connectivity index (χ4v) is 2.41. The average molecular weight is 370 g/mol. The molecule has 0 bridgehead atoms. The zero-order valence-electron chi connectivity index (χ0n) is 12.7. The van der Waals surface area contributed by atoms with Crippen LogP contribution >= 0.6 is 23.2 Å². The zero-order chi connectivity index (χ0) is 17.7. The fourth-order valence-electron chi connectivity index (χ4n) is 2.06. The van der Waals surface area contributed by atoms with E-state index in [0.29, 0.717) is 22.0 Å². The van der Waals surface area contributed by atoms with Gasteiger partial charge in [-0.1, -0.05) is 23.2 Å². The lowest BCUT2D eigenvalue weighted by molar-refractivity contribution is -0.116. The molecule has 2 rings (SSSR count). The number of ketones is 1. The third-order valence-corrected chi connectivity index (χ3v) is 3.77. The summed E-state index contributed by atoms with van der Waals surface area (Å²) in [6.45, 7) is 0. The number of carbonyl (C=O) groups is 2. The van der Waals surface area contributed by atoms with Gasteiger partial charge in [-0.2, -0.15) is 0 Å². The van der Waals surface area contributed by atoms with Crippen molar-refractivity contribution >= 4 is 40.6 Å². The van der Waals surface area contributed by atoms with Crippen molar-refractivity contribution in [3.05, 3.63) is 57.8 Å². The maximum atomic E-state index is 13.1. The number of halogens is 3. The van der Waals surface area contributed by atoms with Crippen molar-refractivity contribution in [2.24, 2.45) is 0 Å². The number of hydrogen-bond donors (Lipinski definition) is 1. The summed E-state index contributed by atoms with van der Waals surface area (Å²) in [5.74, 6) is -0.818. The maximum Gasteiger partial charge on any atom is 0.224 e. The Labute approximate surface area is 148 Å². The minimum atomic E-state index is -0.571. The van der Waals surface area contributed by atoms with E-state index in [2.05, 4.69) is 5.32 Å². The summed E-state index contributed by atoms with van der Waals surface area (Å²) >= 11 is 11.5. The molecular weight excluding hydrogens is 356 g/mol. The molecule has 2 aromatic rings. The van der Waals surface area contributed by atoms with Crippen LogP contribution in [-0.4, -0.2) is 18.8 Å². The van der Waals surface area contributed by atoms with E-state index in [1.54, 1.807) is 12.1 Å². The van der Waals surface area contributed by atoms with Gasteiger partial charge in [-0.25, -0.2) is 4.39 Å². The van der Waals surface area contributed by atoms with E-state index < -0.39 is 5.82 Å². The zero-order valence-corrected chi connectivity index (χ0v) is 14.2. The average Bonchev–Trinajstić information content (AvgIpc) is 2.56. The fraction of sp³-hybridized carbons (Fsp3) is 0.176. The van der Waals surface area contributed by atoms with Crippen LogP contribution < -0.4 is 10.1 Å². The maximum absolute atomic E-state index is 13.1. The molecule has 7 heteroatoms. The van der Waals surface area contributed by atoms with Crippen LogP contribution in [0.4, 0.5) is 10.1 Å². The van der Waals surface area contributed by atoms with E-state index >= 15 is 0 Å².